The van der Waals surface area contributed by atoms with Gasteiger partial charge in [-0.25, -0.2) is 4.79 Å². The van der Waals surface area contributed by atoms with Crippen molar-refractivity contribution in [2.24, 2.45) is 5.92 Å². The Morgan fingerprint density at radius 1 is 1.25 bits per heavy atom. The van der Waals surface area contributed by atoms with Crippen LogP contribution in [0.1, 0.15) is 20.8 Å². The Morgan fingerprint density at radius 3 is 1.92 bits per heavy atom. The number of carbonyl (C=O) groups is 1. The quantitative estimate of drug-likeness (QED) is 0.629. The van der Waals surface area contributed by atoms with Gasteiger partial charge in [-0.2, -0.15) is 0 Å². The molecule has 0 saturated heterocycles. The lowest BCUT2D eigenvalue weighted by molar-refractivity contribution is 0.137. The van der Waals surface area contributed by atoms with Gasteiger partial charge in [-0.05, 0) is 12.8 Å². The van der Waals surface area contributed by atoms with E-state index in [0.717, 1.165) is 0 Å². The fourth-order valence-corrected chi connectivity index (χ4v) is 0.397. The molecule has 0 aliphatic rings. The molecule has 70 valence electrons. The Hall–Kier alpha value is -1.25. The molecule has 0 saturated carbocycles. The summed E-state index contributed by atoms with van der Waals surface area (Å²) in [4.78, 5) is 8.56. The molecule has 0 aromatic heterocycles. The SMILES string of the molecule is CC=CC=CC(C)C.O=C(O)O. The summed E-state index contributed by atoms with van der Waals surface area (Å²) in [5, 5.41) is 13.9. The molecule has 0 radical (unpaired) electrons. The van der Waals surface area contributed by atoms with Crippen LogP contribution in [-0.2, 0) is 0 Å². The molecule has 0 amide bonds. The zero-order chi connectivity index (χ0) is 9.98. The first-order valence-electron chi connectivity index (χ1n) is 3.72. The van der Waals surface area contributed by atoms with Crippen molar-refractivity contribution in [2.45, 2.75) is 20.8 Å². The van der Waals surface area contributed by atoms with E-state index in [1.54, 1.807) is 0 Å². The summed E-state index contributed by atoms with van der Waals surface area (Å²) >= 11 is 0. The van der Waals surface area contributed by atoms with Gasteiger partial charge in [0.15, 0.2) is 0 Å². The molecule has 0 aromatic rings. The van der Waals surface area contributed by atoms with Crippen LogP contribution in [0.5, 0.6) is 0 Å². The van der Waals surface area contributed by atoms with Gasteiger partial charge in [0.1, 0.15) is 0 Å². The van der Waals surface area contributed by atoms with Crippen LogP contribution in [-0.4, -0.2) is 16.4 Å². The monoisotopic (exact) mass is 172 g/mol. The zero-order valence-corrected chi connectivity index (χ0v) is 7.69. The van der Waals surface area contributed by atoms with Crippen molar-refractivity contribution >= 4 is 6.16 Å². The van der Waals surface area contributed by atoms with E-state index >= 15 is 0 Å². The average molecular weight is 172 g/mol. The van der Waals surface area contributed by atoms with Gasteiger partial charge in [0, 0.05) is 0 Å². The lowest BCUT2D eigenvalue weighted by Gasteiger charge is -1.88. The van der Waals surface area contributed by atoms with E-state index in [1.807, 2.05) is 19.1 Å². The standard InChI is InChI=1S/C8H14.CH2O3/c1-4-5-6-7-8(2)3;2-1(3)4/h4-8H,1-3H3;(H2,2,3,4). The van der Waals surface area contributed by atoms with E-state index in [0.29, 0.717) is 5.92 Å². The van der Waals surface area contributed by atoms with Gasteiger partial charge in [-0.15, -0.1) is 0 Å². The molecule has 0 fully saturated rings. The van der Waals surface area contributed by atoms with Crippen molar-refractivity contribution in [3.63, 3.8) is 0 Å². The van der Waals surface area contributed by atoms with Crippen molar-refractivity contribution < 1.29 is 15.0 Å². The lowest BCUT2D eigenvalue weighted by atomic mass is 10.2. The number of rotatable bonds is 2. The van der Waals surface area contributed by atoms with Gasteiger partial charge in [0.2, 0.25) is 0 Å². The molecule has 0 aliphatic heterocycles. The van der Waals surface area contributed by atoms with E-state index in [2.05, 4.69) is 26.0 Å². The summed E-state index contributed by atoms with van der Waals surface area (Å²) in [5.41, 5.74) is 0. The first-order valence-corrected chi connectivity index (χ1v) is 3.72. The van der Waals surface area contributed by atoms with Crippen LogP contribution in [0.2, 0.25) is 0 Å². The highest BCUT2D eigenvalue weighted by atomic mass is 16.6. The van der Waals surface area contributed by atoms with Crippen LogP contribution >= 0.6 is 0 Å². The van der Waals surface area contributed by atoms with Crippen molar-refractivity contribution in [3.8, 4) is 0 Å². The smallest absolute Gasteiger partial charge is 0.450 e. The molecule has 2 N–H and O–H groups in total. The Balaban J connectivity index is 0. The second kappa shape index (κ2) is 9.75. The highest BCUT2D eigenvalue weighted by molar-refractivity contribution is 5.53. The minimum Gasteiger partial charge on any atom is -0.450 e. The van der Waals surface area contributed by atoms with Gasteiger partial charge in [0.05, 0.1) is 0 Å². The molecule has 0 aromatic carbocycles. The maximum absolute atomic E-state index is 8.56. The largest absolute Gasteiger partial charge is 0.503 e. The third kappa shape index (κ3) is 37.4. The van der Waals surface area contributed by atoms with Gasteiger partial charge < -0.3 is 10.2 Å². The van der Waals surface area contributed by atoms with Gasteiger partial charge in [-0.1, -0.05) is 38.2 Å². The third-order valence-electron chi connectivity index (χ3n) is 0.800. The molecule has 0 spiro atoms. The third-order valence-corrected chi connectivity index (χ3v) is 0.800. The van der Waals surface area contributed by atoms with Crippen molar-refractivity contribution in [2.75, 3.05) is 0 Å². The lowest BCUT2D eigenvalue weighted by Crippen LogP contribution is -1.81. The summed E-state index contributed by atoms with van der Waals surface area (Å²) in [7, 11) is 0. The maximum Gasteiger partial charge on any atom is 0.503 e. The zero-order valence-electron chi connectivity index (χ0n) is 7.69. The number of allylic oxidation sites excluding steroid dienone is 4. The second-order valence-corrected chi connectivity index (χ2v) is 2.44. The normalized spacial score (nSPS) is 10.3. The van der Waals surface area contributed by atoms with Crippen LogP contribution < -0.4 is 0 Å². The molecular weight excluding hydrogens is 156 g/mol. The highest BCUT2D eigenvalue weighted by Crippen LogP contribution is 1.92. The number of hydrogen-bond acceptors (Lipinski definition) is 1. The van der Waals surface area contributed by atoms with Crippen LogP contribution in [0.4, 0.5) is 4.79 Å². The van der Waals surface area contributed by atoms with E-state index < -0.39 is 6.16 Å². The molecule has 3 heteroatoms. The molecular formula is C9H16O3. The van der Waals surface area contributed by atoms with Crippen LogP contribution in [0.15, 0.2) is 24.3 Å². The second-order valence-electron chi connectivity index (χ2n) is 2.44. The molecule has 0 atom stereocenters. The summed E-state index contributed by atoms with van der Waals surface area (Å²) in [6.07, 6.45) is 6.48. The summed E-state index contributed by atoms with van der Waals surface area (Å²) in [5.74, 6) is 0.672. The minimum absolute atomic E-state index is 0.672. The summed E-state index contributed by atoms with van der Waals surface area (Å²) in [6, 6.07) is 0. The molecule has 12 heavy (non-hydrogen) atoms. The van der Waals surface area contributed by atoms with Crippen LogP contribution in [0.25, 0.3) is 0 Å². The fraction of sp³-hybridized carbons (Fsp3) is 0.444. The molecule has 0 heterocycles. The number of hydrogen-bond donors (Lipinski definition) is 2. The van der Waals surface area contributed by atoms with Crippen molar-refractivity contribution in [1.29, 1.82) is 0 Å². The van der Waals surface area contributed by atoms with Crippen molar-refractivity contribution in [1.82, 2.24) is 0 Å². The summed E-state index contributed by atoms with van der Waals surface area (Å²) in [6.45, 7) is 6.35. The van der Waals surface area contributed by atoms with E-state index in [1.165, 1.54) is 0 Å². The van der Waals surface area contributed by atoms with Gasteiger partial charge in [-0.3, -0.25) is 0 Å². The Morgan fingerprint density at radius 2 is 1.67 bits per heavy atom. The average Bonchev–Trinajstić information content (AvgIpc) is 1.86. The molecule has 3 nitrogen and oxygen atoms in total. The van der Waals surface area contributed by atoms with Gasteiger partial charge >= 0.3 is 6.16 Å². The molecule has 0 aliphatic carbocycles. The Kier molecular flexibility index (Phi) is 10.8. The van der Waals surface area contributed by atoms with E-state index in [9.17, 15) is 0 Å². The predicted molar refractivity (Wildman–Crippen MR) is 49.4 cm³/mol. The Bertz CT molecular complexity index is 153. The molecule has 0 unspecified atom stereocenters. The number of carboxylic acid groups (broad SMARTS) is 2. The fourth-order valence-electron chi connectivity index (χ4n) is 0.397. The molecule has 0 rings (SSSR count). The highest BCUT2D eigenvalue weighted by Gasteiger charge is 1.77. The van der Waals surface area contributed by atoms with E-state index in [-0.39, 0.29) is 0 Å². The van der Waals surface area contributed by atoms with Gasteiger partial charge in [0.25, 0.3) is 0 Å². The van der Waals surface area contributed by atoms with Crippen molar-refractivity contribution in [3.05, 3.63) is 24.3 Å². The minimum atomic E-state index is -1.83. The maximum atomic E-state index is 8.56. The van der Waals surface area contributed by atoms with Crippen LogP contribution in [0.3, 0.4) is 0 Å². The topological polar surface area (TPSA) is 57.5 Å². The van der Waals surface area contributed by atoms with E-state index in [4.69, 9.17) is 15.0 Å². The Labute approximate surface area is 73.0 Å². The first kappa shape index (κ1) is 13.3. The van der Waals surface area contributed by atoms with Crippen LogP contribution in [0, 0.1) is 5.92 Å². The first-order chi connectivity index (χ1) is 5.50. The molecule has 0 bridgehead atoms. The summed E-state index contributed by atoms with van der Waals surface area (Å²) < 4.78 is 0. The predicted octanol–water partition coefficient (Wildman–Crippen LogP) is 3.00.